The molecular weight excluding hydrogens is 110 g/mol. The van der Waals surface area contributed by atoms with Crippen molar-refractivity contribution >= 4 is 0 Å². The Morgan fingerprint density at radius 3 is 1.78 bits per heavy atom. The van der Waals surface area contributed by atoms with Crippen LogP contribution in [0.2, 0.25) is 0 Å². The van der Waals surface area contributed by atoms with Gasteiger partial charge in [-0.25, -0.2) is 0 Å². The van der Waals surface area contributed by atoms with Gasteiger partial charge in [0.2, 0.25) is 0 Å². The first-order chi connectivity index (χ1) is 4.33. The molecular formula is C8H17N. The predicted molar refractivity (Wildman–Crippen MR) is 41.1 cm³/mol. The van der Waals surface area contributed by atoms with Gasteiger partial charge in [-0.15, -0.1) is 0 Å². The molecule has 1 nitrogen and oxygen atoms in total. The van der Waals surface area contributed by atoms with Crippen LogP contribution in [0.15, 0.2) is 0 Å². The van der Waals surface area contributed by atoms with Gasteiger partial charge in [0.15, 0.2) is 0 Å². The van der Waals surface area contributed by atoms with Crippen LogP contribution in [0.4, 0.5) is 0 Å². The number of hydrogen-bond acceptors (Lipinski definition) is 1. The SMILES string of the molecule is CCC.CCCCC#N. The molecule has 0 aromatic heterocycles. The number of hydrogen-bond donors (Lipinski definition) is 0. The van der Waals surface area contributed by atoms with E-state index in [-0.39, 0.29) is 0 Å². The van der Waals surface area contributed by atoms with Crippen LogP contribution in [0.25, 0.3) is 0 Å². The largest absolute Gasteiger partial charge is 0.198 e. The molecule has 0 saturated carbocycles. The molecule has 0 atom stereocenters. The second-order valence-electron chi connectivity index (χ2n) is 1.97. The lowest BCUT2D eigenvalue weighted by molar-refractivity contribution is 0.822. The van der Waals surface area contributed by atoms with Crippen LogP contribution in [0.3, 0.4) is 0 Å². The topological polar surface area (TPSA) is 23.8 Å². The third kappa shape index (κ3) is 36.4. The molecule has 0 fully saturated rings. The van der Waals surface area contributed by atoms with Crippen molar-refractivity contribution in [2.75, 3.05) is 0 Å². The highest BCUT2D eigenvalue weighted by atomic mass is 14.2. The standard InChI is InChI=1S/C5H9N.C3H8/c1-2-3-4-5-6;1-3-2/h2-4H2,1H3;3H2,1-2H3. The third-order valence-electron chi connectivity index (χ3n) is 0.642. The minimum Gasteiger partial charge on any atom is -0.198 e. The summed E-state index contributed by atoms with van der Waals surface area (Å²) in [6.45, 7) is 6.33. The molecule has 0 bridgehead atoms. The number of nitrogens with zero attached hydrogens (tertiary/aromatic N) is 1. The van der Waals surface area contributed by atoms with Gasteiger partial charge in [-0.2, -0.15) is 5.26 Å². The summed E-state index contributed by atoms with van der Waals surface area (Å²) in [6, 6.07) is 2.07. The van der Waals surface area contributed by atoms with Crippen molar-refractivity contribution in [1.82, 2.24) is 0 Å². The minimum atomic E-state index is 0.719. The number of rotatable bonds is 2. The van der Waals surface area contributed by atoms with Gasteiger partial charge in [0, 0.05) is 6.42 Å². The summed E-state index contributed by atoms with van der Waals surface area (Å²) in [7, 11) is 0. The fourth-order valence-electron chi connectivity index (χ4n) is 0.256. The summed E-state index contributed by atoms with van der Waals surface area (Å²) in [5.41, 5.74) is 0. The average molecular weight is 127 g/mol. The molecule has 0 aliphatic carbocycles. The highest BCUT2D eigenvalue weighted by Crippen LogP contribution is 1.88. The van der Waals surface area contributed by atoms with E-state index in [0.29, 0.717) is 0 Å². The highest BCUT2D eigenvalue weighted by Gasteiger charge is 1.74. The predicted octanol–water partition coefficient (Wildman–Crippen LogP) is 3.12. The summed E-state index contributed by atoms with van der Waals surface area (Å²) in [4.78, 5) is 0. The van der Waals surface area contributed by atoms with Crippen LogP contribution in [-0.4, -0.2) is 0 Å². The Hall–Kier alpha value is -0.510. The molecule has 0 heterocycles. The Morgan fingerprint density at radius 2 is 1.67 bits per heavy atom. The second kappa shape index (κ2) is 15.6. The van der Waals surface area contributed by atoms with Gasteiger partial charge in [-0.3, -0.25) is 0 Å². The van der Waals surface area contributed by atoms with Crippen LogP contribution >= 0.6 is 0 Å². The van der Waals surface area contributed by atoms with Gasteiger partial charge in [-0.1, -0.05) is 33.6 Å². The van der Waals surface area contributed by atoms with E-state index in [9.17, 15) is 0 Å². The molecule has 1 heteroatoms. The Balaban J connectivity index is 0. The zero-order valence-electron chi connectivity index (χ0n) is 6.78. The van der Waals surface area contributed by atoms with Gasteiger partial charge >= 0.3 is 0 Å². The van der Waals surface area contributed by atoms with Crippen molar-refractivity contribution in [3.63, 3.8) is 0 Å². The highest BCUT2D eigenvalue weighted by molar-refractivity contribution is 4.66. The van der Waals surface area contributed by atoms with E-state index in [1.54, 1.807) is 0 Å². The zero-order chi connectivity index (χ0) is 7.54. The second-order valence-corrected chi connectivity index (χ2v) is 1.97. The molecule has 9 heavy (non-hydrogen) atoms. The lowest BCUT2D eigenvalue weighted by Crippen LogP contribution is -1.62. The molecule has 0 spiro atoms. The molecule has 0 unspecified atom stereocenters. The van der Waals surface area contributed by atoms with Gasteiger partial charge in [0.25, 0.3) is 0 Å². The number of unbranched alkanes of at least 4 members (excludes halogenated alkanes) is 2. The summed E-state index contributed by atoms with van der Waals surface area (Å²) in [5.74, 6) is 0. The Labute approximate surface area is 58.7 Å². The normalized spacial score (nSPS) is 6.89. The van der Waals surface area contributed by atoms with E-state index in [1.807, 2.05) is 0 Å². The summed E-state index contributed by atoms with van der Waals surface area (Å²) in [6.07, 6.45) is 4.15. The van der Waals surface area contributed by atoms with Crippen molar-refractivity contribution < 1.29 is 0 Å². The molecule has 0 amide bonds. The van der Waals surface area contributed by atoms with Crippen LogP contribution in [0.5, 0.6) is 0 Å². The van der Waals surface area contributed by atoms with E-state index in [2.05, 4.69) is 26.8 Å². The first-order valence-electron chi connectivity index (χ1n) is 3.70. The van der Waals surface area contributed by atoms with Crippen LogP contribution in [-0.2, 0) is 0 Å². The molecule has 0 rings (SSSR count). The first-order valence-corrected chi connectivity index (χ1v) is 3.70. The van der Waals surface area contributed by atoms with Crippen LogP contribution in [0.1, 0.15) is 46.5 Å². The van der Waals surface area contributed by atoms with E-state index in [1.165, 1.54) is 6.42 Å². The Morgan fingerprint density at radius 1 is 1.22 bits per heavy atom. The molecule has 0 aliphatic rings. The monoisotopic (exact) mass is 127 g/mol. The van der Waals surface area contributed by atoms with E-state index >= 15 is 0 Å². The van der Waals surface area contributed by atoms with E-state index in [4.69, 9.17) is 5.26 Å². The van der Waals surface area contributed by atoms with Crippen LogP contribution in [0, 0.1) is 11.3 Å². The van der Waals surface area contributed by atoms with Crippen molar-refractivity contribution in [3.8, 4) is 6.07 Å². The van der Waals surface area contributed by atoms with Crippen LogP contribution < -0.4 is 0 Å². The summed E-state index contributed by atoms with van der Waals surface area (Å²) >= 11 is 0. The Kier molecular flexibility index (Phi) is 19.7. The molecule has 0 radical (unpaired) electrons. The number of nitriles is 1. The lowest BCUT2D eigenvalue weighted by Gasteiger charge is -1.77. The summed E-state index contributed by atoms with van der Waals surface area (Å²) in [5, 5.41) is 7.95. The van der Waals surface area contributed by atoms with Crippen molar-refractivity contribution in [2.45, 2.75) is 46.5 Å². The summed E-state index contributed by atoms with van der Waals surface area (Å²) < 4.78 is 0. The van der Waals surface area contributed by atoms with E-state index in [0.717, 1.165) is 19.3 Å². The molecule has 0 saturated heterocycles. The quantitative estimate of drug-likeness (QED) is 0.523. The Bertz CT molecular complexity index is 61.5. The molecule has 0 aromatic rings. The van der Waals surface area contributed by atoms with E-state index < -0.39 is 0 Å². The third-order valence-corrected chi connectivity index (χ3v) is 0.642. The smallest absolute Gasteiger partial charge is 0.0621 e. The van der Waals surface area contributed by atoms with Gasteiger partial charge < -0.3 is 0 Å². The maximum absolute atomic E-state index is 7.95. The van der Waals surface area contributed by atoms with Crippen molar-refractivity contribution in [1.29, 1.82) is 5.26 Å². The molecule has 0 aromatic carbocycles. The molecule has 0 N–H and O–H groups in total. The maximum Gasteiger partial charge on any atom is 0.0621 e. The zero-order valence-corrected chi connectivity index (χ0v) is 6.78. The molecule has 54 valence electrons. The lowest BCUT2D eigenvalue weighted by atomic mass is 10.3. The van der Waals surface area contributed by atoms with Gasteiger partial charge in [0.05, 0.1) is 6.07 Å². The van der Waals surface area contributed by atoms with Gasteiger partial charge in [-0.05, 0) is 6.42 Å². The minimum absolute atomic E-state index is 0.719. The first kappa shape index (κ1) is 11.3. The van der Waals surface area contributed by atoms with Gasteiger partial charge in [0.1, 0.15) is 0 Å². The van der Waals surface area contributed by atoms with Crippen molar-refractivity contribution in [3.05, 3.63) is 0 Å². The van der Waals surface area contributed by atoms with Crippen molar-refractivity contribution in [2.24, 2.45) is 0 Å². The molecule has 0 aliphatic heterocycles. The fraction of sp³-hybridized carbons (Fsp3) is 0.875. The maximum atomic E-state index is 7.95. The fourth-order valence-corrected chi connectivity index (χ4v) is 0.256. The average Bonchev–Trinajstić information content (AvgIpc) is 1.86.